The number of hydrogen-bond acceptors (Lipinski definition) is 4. The van der Waals surface area contributed by atoms with Gasteiger partial charge in [-0.1, -0.05) is 0 Å². The molecule has 0 atom stereocenters. The second kappa shape index (κ2) is 5.22. The van der Waals surface area contributed by atoms with Crippen LogP contribution in [0.1, 0.15) is 4.88 Å². The normalized spacial score (nSPS) is 10.3. The second-order valence-corrected chi connectivity index (χ2v) is 6.49. The first-order valence-corrected chi connectivity index (χ1v) is 6.88. The van der Waals surface area contributed by atoms with Crippen LogP contribution in [0.15, 0.2) is 28.4 Å². The van der Waals surface area contributed by atoms with Crippen LogP contribution in [0.4, 0.5) is 5.82 Å². The van der Waals surface area contributed by atoms with Crippen LogP contribution in [-0.4, -0.2) is 9.97 Å². The average molecular weight is 396 g/mol. The fourth-order valence-corrected chi connectivity index (χ4v) is 2.97. The molecule has 2 aromatic rings. The Balaban J connectivity index is 2.02. The molecule has 6 heteroatoms. The summed E-state index contributed by atoms with van der Waals surface area (Å²) >= 11 is 7.37. The van der Waals surface area contributed by atoms with E-state index >= 15 is 0 Å². The number of aromatic nitrogens is 2. The van der Waals surface area contributed by atoms with Gasteiger partial charge < -0.3 is 5.32 Å². The Labute approximate surface area is 114 Å². The highest BCUT2D eigenvalue weighted by atomic mass is 127. The molecule has 2 aromatic heterocycles. The molecule has 0 aliphatic rings. The molecule has 0 aromatic carbocycles. The first-order chi connectivity index (χ1) is 7.25. The molecule has 2 rings (SSSR count). The van der Waals surface area contributed by atoms with Crippen molar-refractivity contribution in [3.8, 4) is 0 Å². The fourth-order valence-electron chi connectivity index (χ4n) is 1.06. The summed E-state index contributed by atoms with van der Waals surface area (Å²) < 4.78 is 2.18. The lowest BCUT2D eigenvalue weighted by molar-refractivity contribution is 1.09. The van der Waals surface area contributed by atoms with Gasteiger partial charge in [-0.25, -0.2) is 9.97 Å². The number of anilines is 1. The molecule has 0 saturated carbocycles. The third-order valence-electron chi connectivity index (χ3n) is 1.73. The van der Waals surface area contributed by atoms with E-state index in [1.165, 1.54) is 4.88 Å². The van der Waals surface area contributed by atoms with Gasteiger partial charge in [0.05, 0.1) is 13.9 Å². The monoisotopic (exact) mass is 395 g/mol. The number of hydrogen-bond donors (Lipinski definition) is 1. The smallest absolute Gasteiger partial charge is 0.143 e. The van der Waals surface area contributed by atoms with Gasteiger partial charge in [-0.05, 0) is 50.7 Å². The summed E-state index contributed by atoms with van der Waals surface area (Å²) in [6.45, 7) is 0.795. The maximum Gasteiger partial charge on any atom is 0.143 e. The second-order valence-electron chi connectivity index (χ2n) is 2.78. The van der Waals surface area contributed by atoms with Crippen molar-refractivity contribution >= 4 is 55.7 Å². The number of rotatable bonds is 3. The Morgan fingerprint density at radius 1 is 1.47 bits per heavy atom. The van der Waals surface area contributed by atoms with Crippen molar-refractivity contribution < 1.29 is 0 Å². The molecule has 0 saturated heterocycles. The molecule has 0 radical (unpaired) electrons. The third kappa shape index (κ3) is 3.12. The molecule has 3 nitrogen and oxygen atoms in total. The minimum atomic E-state index is 0.795. The molecule has 1 N–H and O–H groups in total. The van der Waals surface area contributed by atoms with Gasteiger partial charge in [-0.15, -0.1) is 11.3 Å². The molecule has 0 bridgehead atoms. The van der Waals surface area contributed by atoms with E-state index < -0.39 is 0 Å². The Morgan fingerprint density at radius 3 is 3.00 bits per heavy atom. The maximum atomic E-state index is 4.16. The summed E-state index contributed by atoms with van der Waals surface area (Å²) in [7, 11) is 0. The van der Waals surface area contributed by atoms with E-state index in [1.807, 2.05) is 6.07 Å². The number of halogens is 2. The van der Waals surface area contributed by atoms with Crippen LogP contribution in [0, 0.1) is 3.57 Å². The standard InChI is InChI=1S/C9H7BrIN3S/c10-8-2-1-6(15-8)3-13-9-7(11)4-12-5-14-9/h1-2,4-5H,3H2,(H,12,13,14). The van der Waals surface area contributed by atoms with Crippen LogP contribution in [0.5, 0.6) is 0 Å². The topological polar surface area (TPSA) is 37.8 Å². The van der Waals surface area contributed by atoms with Crippen LogP contribution in [0.2, 0.25) is 0 Å². The molecule has 0 amide bonds. The number of nitrogens with one attached hydrogen (secondary N) is 1. The SMILES string of the molecule is Brc1ccc(CNc2ncncc2I)s1. The van der Waals surface area contributed by atoms with Crippen LogP contribution in [0.25, 0.3) is 0 Å². The predicted octanol–water partition coefficient (Wildman–Crippen LogP) is 3.52. The molecule has 0 aliphatic carbocycles. The van der Waals surface area contributed by atoms with Gasteiger partial charge >= 0.3 is 0 Å². The Morgan fingerprint density at radius 2 is 2.33 bits per heavy atom. The van der Waals surface area contributed by atoms with E-state index in [2.05, 4.69) is 59.9 Å². The van der Waals surface area contributed by atoms with Gasteiger partial charge in [0.2, 0.25) is 0 Å². The molecule has 2 heterocycles. The van der Waals surface area contributed by atoms with Gasteiger partial charge in [0.15, 0.2) is 0 Å². The van der Waals surface area contributed by atoms with Crippen LogP contribution in [0.3, 0.4) is 0 Å². The minimum absolute atomic E-state index is 0.795. The Kier molecular flexibility index (Phi) is 3.92. The van der Waals surface area contributed by atoms with Gasteiger partial charge in [0.25, 0.3) is 0 Å². The fraction of sp³-hybridized carbons (Fsp3) is 0.111. The van der Waals surface area contributed by atoms with E-state index in [1.54, 1.807) is 23.9 Å². The first kappa shape index (κ1) is 11.3. The van der Waals surface area contributed by atoms with Crippen LogP contribution in [-0.2, 0) is 6.54 Å². The summed E-state index contributed by atoms with van der Waals surface area (Å²) in [6, 6.07) is 4.14. The number of thiophene rings is 1. The maximum absolute atomic E-state index is 4.16. The summed E-state index contributed by atoms with van der Waals surface area (Å²) in [5, 5.41) is 3.27. The van der Waals surface area contributed by atoms with Gasteiger partial charge in [-0.2, -0.15) is 0 Å². The molecular weight excluding hydrogens is 389 g/mol. The van der Waals surface area contributed by atoms with Crippen LogP contribution >= 0.6 is 49.9 Å². The molecular formula is C9H7BrIN3S. The van der Waals surface area contributed by atoms with E-state index in [4.69, 9.17) is 0 Å². The first-order valence-electron chi connectivity index (χ1n) is 4.19. The van der Waals surface area contributed by atoms with Gasteiger partial charge in [0, 0.05) is 11.1 Å². The molecule has 0 aliphatic heterocycles. The van der Waals surface area contributed by atoms with Crippen molar-refractivity contribution in [1.29, 1.82) is 0 Å². The molecule has 15 heavy (non-hydrogen) atoms. The van der Waals surface area contributed by atoms with Crippen LogP contribution < -0.4 is 5.32 Å². The highest BCUT2D eigenvalue weighted by Gasteiger charge is 2.01. The highest BCUT2D eigenvalue weighted by Crippen LogP contribution is 2.23. The third-order valence-corrected chi connectivity index (χ3v) is 4.14. The average Bonchev–Trinajstić information content (AvgIpc) is 2.63. The van der Waals surface area contributed by atoms with Gasteiger partial charge in [0.1, 0.15) is 12.1 Å². The van der Waals surface area contributed by atoms with E-state index in [0.717, 1.165) is 19.7 Å². The highest BCUT2D eigenvalue weighted by molar-refractivity contribution is 14.1. The lowest BCUT2D eigenvalue weighted by atomic mass is 10.4. The molecule has 0 fully saturated rings. The zero-order valence-electron chi connectivity index (χ0n) is 7.58. The summed E-state index contributed by atoms with van der Waals surface area (Å²) in [4.78, 5) is 9.38. The zero-order chi connectivity index (χ0) is 10.7. The quantitative estimate of drug-likeness (QED) is 0.808. The lowest BCUT2D eigenvalue weighted by Crippen LogP contribution is -2.01. The number of nitrogens with zero attached hydrogens (tertiary/aromatic N) is 2. The molecule has 0 spiro atoms. The van der Waals surface area contributed by atoms with Crippen molar-refractivity contribution in [2.45, 2.75) is 6.54 Å². The van der Waals surface area contributed by atoms with E-state index in [0.29, 0.717) is 0 Å². The molecule has 0 unspecified atom stereocenters. The van der Waals surface area contributed by atoms with Crippen molar-refractivity contribution in [3.05, 3.63) is 36.9 Å². The zero-order valence-corrected chi connectivity index (χ0v) is 12.1. The summed E-state index contributed by atoms with van der Waals surface area (Å²) in [6.07, 6.45) is 3.34. The van der Waals surface area contributed by atoms with Crippen molar-refractivity contribution in [1.82, 2.24) is 9.97 Å². The molecule has 78 valence electrons. The van der Waals surface area contributed by atoms with E-state index in [-0.39, 0.29) is 0 Å². The lowest BCUT2D eigenvalue weighted by Gasteiger charge is -2.04. The summed E-state index contributed by atoms with van der Waals surface area (Å²) in [5.41, 5.74) is 0. The Bertz CT molecular complexity index is 460. The van der Waals surface area contributed by atoms with E-state index in [9.17, 15) is 0 Å². The predicted molar refractivity (Wildman–Crippen MR) is 74.1 cm³/mol. The minimum Gasteiger partial charge on any atom is -0.364 e. The van der Waals surface area contributed by atoms with Gasteiger partial charge in [-0.3, -0.25) is 0 Å². The van der Waals surface area contributed by atoms with Crippen molar-refractivity contribution in [3.63, 3.8) is 0 Å². The Hall–Kier alpha value is -0.210. The van der Waals surface area contributed by atoms with Crippen molar-refractivity contribution in [2.75, 3.05) is 5.32 Å². The largest absolute Gasteiger partial charge is 0.364 e. The van der Waals surface area contributed by atoms with Crippen molar-refractivity contribution in [2.24, 2.45) is 0 Å². The summed E-state index contributed by atoms with van der Waals surface area (Å²) in [5.74, 6) is 0.884.